The lowest BCUT2D eigenvalue weighted by atomic mass is 9.90. The molecule has 28 heavy (non-hydrogen) atoms. The summed E-state index contributed by atoms with van der Waals surface area (Å²) >= 11 is 0. The fraction of sp³-hybridized carbons (Fsp3) is 0.667. The molecule has 0 aromatic heterocycles. The molecule has 0 aliphatic heterocycles. The van der Waals surface area contributed by atoms with Gasteiger partial charge >= 0.3 is 0 Å². The second-order valence-corrected chi connectivity index (χ2v) is 8.61. The molecule has 0 spiro atoms. The molecular formula is C24H36N2O2. The fourth-order valence-electron chi connectivity index (χ4n) is 4.61. The molecule has 1 aromatic rings. The summed E-state index contributed by atoms with van der Waals surface area (Å²) in [5.74, 6) is 0.397. The molecule has 2 aliphatic rings. The van der Waals surface area contributed by atoms with Gasteiger partial charge in [0.15, 0.2) is 0 Å². The van der Waals surface area contributed by atoms with Gasteiger partial charge in [0.05, 0.1) is 11.4 Å². The van der Waals surface area contributed by atoms with Crippen LogP contribution in [0, 0.1) is 11.8 Å². The highest BCUT2D eigenvalue weighted by Crippen LogP contribution is 2.28. The monoisotopic (exact) mass is 384 g/mol. The minimum absolute atomic E-state index is 0.0923. The summed E-state index contributed by atoms with van der Waals surface area (Å²) < 4.78 is 0. The molecule has 2 fully saturated rings. The maximum Gasteiger partial charge on any atom is 0.227 e. The van der Waals surface area contributed by atoms with Gasteiger partial charge in [-0.05, 0) is 37.8 Å². The summed E-state index contributed by atoms with van der Waals surface area (Å²) in [7, 11) is 0. The fourth-order valence-corrected chi connectivity index (χ4v) is 4.61. The smallest absolute Gasteiger partial charge is 0.227 e. The molecule has 1 aromatic carbocycles. The zero-order valence-corrected chi connectivity index (χ0v) is 17.2. The van der Waals surface area contributed by atoms with E-state index in [1.165, 1.54) is 38.5 Å². The SMILES string of the molecule is O=C(Nc1ccccc1NC(=O)C1CCCCCCC1)C1CCCCCCC1. The molecule has 4 nitrogen and oxygen atoms in total. The first-order valence-corrected chi connectivity index (χ1v) is 11.4. The van der Waals surface area contributed by atoms with Crippen LogP contribution in [0.3, 0.4) is 0 Å². The number of anilines is 2. The Bertz CT molecular complexity index is 572. The number of hydrogen-bond acceptors (Lipinski definition) is 2. The molecule has 2 N–H and O–H groups in total. The Morgan fingerprint density at radius 2 is 0.893 bits per heavy atom. The van der Waals surface area contributed by atoms with Crippen molar-refractivity contribution in [2.75, 3.05) is 10.6 Å². The summed E-state index contributed by atoms with van der Waals surface area (Å²) in [5.41, 5.74) is 1.46. The first-order valence-electron chi connectivity index (χ1n) is 11.4. The number of carbonyl (C=O) groups excluding carboxylic acids is 2. The van der Waals surface area contributed by atoms with E-state index in [2.05, 4.69) is 10.6 Å². The Morgan fingerprint density at radius 3 is 1.25 bits per heavy atom. The van der Waals surface area contributed by atoms with E-state index >= 15 is 0 Å². The highest BCUT2D eigenvalue weighted by atomic mass is 16.2. The Kier molecular flexibility index (Phi) is 8.38. The zero-order chi connectivity index (χ0) is 19.6. The van der Waals surface area contributed by atoms with Gasteiger partial charge in [0.25, 0.3) is 0 Å². The zero-order valence-electron chi connectivity index (χ0n) is 17.2. The van der Waals surface area contributed by atoms with E-state index in [4.69, 9.17) is 0 Å². The lowest BCUT2D eigenvalue weighted by molar-refractivity contribution is -0.121. The number of carbonyl (C=O) groups is 2. The molecule has 2 amide bonds. The van der Waals surface area contributed by atoms with E-state index < -0.39 is 0 Å². The number of benzene rings is 1. The van der Waals surface area contributed by atoms with Crippen molar-refractivity contribution in [1.29, 1.82) is 0 Å². The van der Waals surface area contributed by atoms with Crippen LogP contribution < -0.4 is 10.6 Å². The lowest BCUT2D eigenvalue weighted by Crippen LogP contribution is -2.26. The second-order valence-electron chi connectivity index (χ2n) is 8.61. The molecule has 2 aliphatic carbocycles. The standard InChI is InChI=1S/C24H36N2O2/c27-23(19-13-7-3-1-4-8-14-19)25-21-17-11-12-18-22(21)26-24(28)20-15-9-5-2-6-10-16-20/h11-12,17-20H,1-10,13-16H2,(H,25,27)(H,26,28). The van der Waals surface area contributed by atoms with Crippen molar-refractivity contribution >= 4 is 23.2 Å². The summed E-state index contributed by atoms with van der Waals surface area (Å²) in [4.78, 5) is 25.7. The van der Waals surface area contributed by atoms with Gasteiger partial charge in [-0.15, -0.1) is 0 Å². The van der Waals surface area contributed by atoms with Gasteiger partial charge in [-0.3, -0.25) is 9.59 Å². The molecule has 2 saturated carbocycles. The summed E-state index contributed by atoms with van der Waals surface area (Å²) in [5, 5.41) is 6.21. The third-order valence-electron chi connectivity index (χ3n) is 6.39. The quantitative estimate of drug-likeness (QED) is 0.641. The van der Waals surface area contributed by atoms with Crippen LogP contribution in [0.2, 0.25) is 0 Å². The number of para-hydroxylation sites is 2. The molecule has 3 rings (SSSR count). The Morgan fingerprint density at radius 1 is 0.571 bits per heavy atom. The number of nitrogens with one attached hydrogen (secondary N) is 2. The molecule has 0 unspecified atom stereocenters. The van der Waals surface area contributed by atoms with Gasteiger partial charge in [0, 0.05) is 11.8 Å². The van der Waals surface area contributed by atoms with Crippen molar-refractivity contribution in [1.82, 2.24) is 0 Å². The maximum absolute atomic E-state index is 12.8. The average Bonchev–Trinajstić information content (AvgIpc) is 2.62. The van der Waals surface area contributed by atoms with Gasteiger partial charge in [0.1, 0.15) is 0 Å². The second kappa shape index (κ2) is 11.2. The predicted molar refractivity (Wildman–Crippen MR) is 115 cm³/mol. The Hall–Kier alpha value is -1.84. The minimum Gasteiger partial charge on any atom is -0.324 e. The molecule has 0 radical (unpaired) electrons. The van der Waals surface area contributed by atoms with Crippen LogP contribution >= 0.6 is 0 Å². The van der Waals surface area contributed by atoms with Crippen molar-refractivity contribution in [3.05, 3.63) is 24.3 Å². The third-order valence-corrected chi connectivity index (χ3v) is 6.39. The molecule has 0 saturated heterocycles. The first-order chi connectivity index (χ1) is 13.7. The van der Waals surface area contributed by atoms with E-state index in [-0.39, 0.29) is 23.7 Å². The van der Waals surface area contributed by atoms with Crippen LogP contribution in [0.4, 0.5) is 11.4 Å². The largest absolute Gasteiger partial charge is 0.324 e. The van der Waals surface area contributed by atoms with Crippen LogP contribution in [-0.2, 0) is 9.59 Å². The highest BCUT2D eigenvalue weighted by molar-refractivity contribution is 6.00. The lowest BCUT2D eigenvalue weighted by Gasteiger charge is -2.22. The summed E-state index contributed by atoms with van der Waals surface area (Å²) in [6.45, 7) is 0. The molecule has 154 valence electrons. The van der Waals surface area contributed by atoms with Gasteiger partial charge < -0.3 is 10.6 Å². The first kappa shape index (κ1) is 20.9. The van der Waals surface area contributed by atoms with Crippen molar-refractivity contribution in [3.63, 3.8) is 0 Å². The number of hydrogen-bond donors (Lipinski definition) is 2. The normalized spacial score (nSPS) is 20.3. The van der Waals surface area contributed by atoms with Crippen LogP contribution in [0.5, 0.6) is 0 Å². The molecule has 0 heterocycles. The van der Waals surface area contributed by atoms with Gasteiger partial charge in [0.2, 0.25) is 11.8 Å². The highest BCUT2D eigenvalue weighted by Gasteiger charge is 2.22. The minimum atomic E-state index is 0.0923. The van der Waals surface area contributed by atoms with Gasteiger partial charge in [-0.25, -0.2) is 0 Å². The Labute approximate surface area is 169 Å². The summed E-state index contributed by atoms with van der Waals surface area (Å²) in [6.07, 6.45) is 16.0. The third kappa shape index (κ3) is 6.35. The van der Waals surface area contributed by atoms with E-state index in [0.717, 1.165) is 62.7 Å². The van der Waals surface area contributed by atoms with Gasteiger partial charge in [-0.2, -0.15) is 0 Å². The van der Waals surface area contributed by atoms with Crippen LogP contribution in [0.15, 0.2) is 24.3 Å². The van der Waals surface area contributed by atoms with E-state index in [1.54, 1.807) is 0 Å². The summed E-state index contributed by atoms with van der Waals surface area (Å²) in [6, 6.07) is 7.63. The van der Waals surface area contributed by atoms with E-state index in [1.807, 2.05) is 24.3 Å². The molecule has 0 bridgehead atoms. The van der Waals surface area contributed by atoms with E-state index in [9.17, 15) is 9.59 Å². The average molecular weight is 385 g/mol. The van der Waals surface area contributed by atoms with Gasteiger partial charge in [-0.1, -0.05) is 76.3 Å². The maximum atomic E-state index is 12.8. The van der Waals surface area contributed by atoms with Crippen LogP contribution in [0.1, 0.15) is 89.9 Å². The van der Waals surface area contributed by atoms with Crippen molar-refractivity contribution in [2.24, 2.45) is 11.8 Å². The van der Waals surface area contributed by atoms with E-state index in [0.29, 0.717) is 0 Å². The number of rotatable bonds is 4. The van der Waals surface area contributed by atoms with Crippen LogP contribution in [0.25, 0.3) is 0 Å². The van der Waals surface area contributed by atoms with Crippen LogP contribution in [-0.4, -0.2) is 11.8 Å². The molecule has 4 heteroatoms. The Balaban J connectivity index is 1.61. The topological polar surface area (TPSA) is 58.2 Å². The van der Waals surface area contributed by atoms with Crippen molar-refractivity contribution in [3.8, 4) is 0 Å². The van der Waals surface area contributed by atoms with Crippen molar-refractivity contribution in [2.45, 2.75) is 89.9 Å². The molecular weight excluding hydrogens is 348 g/mol. The molecule has 0 atom stereocenters. The number of amides is 2. The predicted octanol–water partition coefficient (Wildman–Crippen LogP) is 6.28. The van der Waals surface area contributed by atoms with Crippen molar-refractivity contribution < 1.29 is 9.59 Å².